The molecule has 0 bridgehead atoms. The zero-order valence-corrected chi connectivity index (χ0v) is 14.2. The summed E-state index contributed by atoms with van der Waals surface area (Å²) in [6.45, 7) is 6.39. The molecular formula is C21H36. The van der Waals surface area contributed by atoms with Crippen molar-refractivity contribution in [3.63, 3.8) is 0 Å². The van der Waals surface area contributed by atoms with Gasteiger partial charge in [0.25, 0.3) is 0 Å². The van der Waals surface area contributed by atoms with Crippen molar-refractivity contribution in [2.45, 2.75) is 84.0 Å². The molecule has 3 aliphatic carbocycles. The Bertz CT molecular complexity index is 323. The summed E-state index contributed by atoms with van der Waals surface area (Å²) in [5.41, 5.74) is 0. The van der Waals surface area contributed by atoms with Crippen LogP contribution < -0.4 is 0 Å². The third-order valence-corrected chi connectivity index (χ3v) is 7.28. The average Bonchev–Trinajstić information content (AvgIpc) is 2.55. The first-order valence-corrected chi connectivity index (χ1v) is 9.92. The van der Waals surface area contributed by atoms with Gasteiger partial charge in [-0.25, -0.2) is 0 Å². The van der Waals surface area contributed by atoms with Crippen molar-refractivity contribution in [3.05, 3.63) is 12.7 Å². The van der Waals surface area contributed by atoms with Crippen LogP contribution in [0.4, 0.5) is 0 Å². The van der Waals surface area contributed by atoms with Gasteiger partial charge in [-0.2, -0.15) is 0 Å². The van der Waals surface area contributed by atoms with Crippen molar-refractivity contribution < 1.29 is 0 Å². The Labute approximate surface area is 132 Å². The van der Waals surface area contributed by atoms with Gasteiger partial charge in [0.1, 0.15) is 0 Å². The van der Waals surface area contributed by atoms with Gasteiger partial charge in [-0.15, -0.1) is 6.58 Å². The van der Waals surface area contributed by atoms with E-state index in [9.17, 15) is 0 Å². The Morgan fingerprint density at radius 2 is 1.33 bits per heavy atom. The highest BCUT2D eigenvalue weighted by Crippen LogP contribution is 2.49. The monoisotopic (exact) mass is 288 g/mol. The van der Waals surface area contributed by atoms with Crippen LogP contribution in [0.3, 0.4) is 0 Å². The first kappa shape index (κ1) is 15.6. The molecule has 4 atom stereocenters. The molecule has 0 saturated heterocycles. The van der Waals surface area contributed by atoms with E-state index in [0.717, 1.165) is 35.5 Å². The summed E-state index contributed by atoms with van der Waals surface area (Å²) in [7, 11) is 0. The van der Waals surface area contributed by atoms with Gasteiger partial charge in [-0.1, -0.05) is 38.7 Å². The minimum absolute atomic E-state index is 0.840. The molecule has 0 N–H and O–H groups in total. The van der Waals surface area contributed by atoms with Crippen LogP contribution in [-0.4, -0.2) is 0 Å². The topological polar surface area (TPSA) is 0 Å². The maximum absolute atomic E-state index is 4.03. The fourth-order valence-corrected chi connectivity index (χ4v) is 5.96. The highest BCUT2D eigenvalue weighted by Gasteiger charge is 2.38. The lowest BCUT2D eigenvalue weighted by Crippen LogP contribution is -2.34. The minimum Gasteiger partial charge on any atom is -0.103 e. The van der Waals surface area contributed by atoms with Gasteiger partial charge < -0.3 is 0 Å². The molecule has 0 spiro atoms. The Morgan fingerprint density at radius 3 is 2.00 bits per heavy atom. The fraction of sp³-hybridized carbons (Fsp3) is 0.905. The van der Waals surface area contributed by atoms with Crippen molar-refractivity contribution in [2.24, 2.45) is 35.5 Å². The van der Waals surface area contributed by atoms with E-state index >= 15 is 0 Å². The molecule has 0 radical (unpaired) electrons. The number of rotatable bonds is 4. The van der Waals surface area contributed by atoms with E-state index in [2.05, 4.69) is 19.6 Å². The molecule has 0 nitrogen and oxygen atoms in total. The van der Waals surface area contributed by atoms with E-state index in [1.807, 2.05) is 0 Å². The van der Waals surface area contributed by atoms with Crippen LogP contribution in [-0.2, 0) is 0 Å². The van der Waals surface area contributed by atoms with Crippen LogP contribution in [0.5, 0.6) is 0 Å². The SMILES string of the molecule is C=CC1CC[C@@H]2C[C@H](C3CCC(CCC)CC3)CC[C@@H]2C1. The highest BCUT2D eigenvalue weighted by molar-refractivity contribution is 4.93. The zero-order chi connectivity index (χ0) is 14.7. The van der Waals surface area contributed by atoms with E-state index in [1.54, 1.807) is 38.5 Å². The summed E-state index contributed by atoms with van der Waals surface area (Å²) in [5, 5.41) is 0. The van der Waals surface area contributed by atoms with Gasteiger partial charge in [0.05, 0.1) is 0 Å². The van der Waals surface area contributed by atoms with E-state index in [1.165, 1.54) is 38.5 Å². The van der Waals surface area contributed by atoms with E-state index in [-0.39, 0.29) is 0 Å². The van der Waals surface area contributed by atoms with Crippen LogP contribution in [0.1, 0.15) is 84.0 Å². The molecule has 3 aliphatic rings. The molecule has 0 aromatic heterocycles. The third-order valence-electron chi connectivity index (χ3n) is 7.28. The summed E-state index contributed by atoms with van der Waals surface area (Å²) in [6, 6.07) is 0. The summed E-state index contributed by atoms with van der Waals surface area (Å²) in [4.78, 5) is 0. The van der Waals surface area contributed by atoms with Gasteiger partial charge in [0.2, 0.25) is 0 Å². The molecule has 0 heteroatoms. The summed E-state index contributed by atoms with van der Waals surface area (Å²) < 4.78 is 0. The molecule has 1 unspecified atom stereocenters. The molecule has 3 fully saturated rings. The second kappa shape index (κ2) is 7.34. The molecule has 21 heavy (non-hydrogen) atoms. The Hall–Kier alpha value is -0.260. The molecule has 0 amide bonds. The quantitative estimate of drug-likeness (QED) is 0.510. The van der Waals surface area contributed by atoms with Crippen LogP contribution in [0.15, 0.2) is 12.7 Å². The molecule has 0 aromatic carbocycles. The molecule has 0 aromatic rings. The normalized spacial score (nSPS) is 44.0. The molecule has 3 rings (SSSR count). The van der Waals surface area contributed by atoms with E-state index < -0.39 is 0 Å². The number of hydrogen-bond acceptors (Lipinski definition) is 0. The maximum atomic E-state index is 4.03. The lowest BCUT2D eigenvalue weighted by Gasteiger charge is -2.45. The predicted octanol–water partition coefficient (Wildman–Crippen LogP) is 6.61. The molecule has 0 aliphatic heterocycles. The summed E-state index contributed by atoms with van der Waals surface area (Å²) >= 11 is 0. The van der Waals surface area contributed by atoms with Crippen molar-refractivity contribution in [1.82, 2.24) is 0 Å². The standard InChI is InChI=1S/C21H36/c1-3-5-17-7-9-18(10-8-17)20-13-12-19-14-16(4-2)6-11-21(19)15-20/h4,16-21H,2-3,5-15H2,1H3/t16?,17?,18?,19-,20-,21-/m1/s1. The van der Waals surface area contributed by atoms with E-state index in [4.69, 9.17) is 0 Å². The highest BCUT2D eigenvalue weighted by atomic mass is 14.4. The van der Waals surface area contributed by atoms with Gasteiger partial charge in [0, 0.05) is 0 Å². The van der Waals surface area contributed by atoms with Crippen LogP contribution in [0.25, 0.3) is 0 Å². The Balaban J connectivity index is 1.48. The molecule has 3 saturated carbocycles. The van der Waals surface area contributed by atoms with Crippen molar-refractivity contribution in [2.75, 3.05) is 0 Å². The van der Waals surface area contributed by atoms with E-state index in [0.29, 0.717) is 0 Å². The molecule has 120 valence electrons. The fourth-order valence-electron chi connectivity index (χ4n) is 5.96. The Morgan fingerprint density at radius 1 is 0.762 bits per heavy atom. The number of fused-ring (bicyclic) bond motifs is 1. The Kier molecular flexibility index (Phi) is 5.46. The molecular weight excluding hydrogens is 252 g/mol. The lowest BCUT2D eigenvalue weighted by molar-refractivity contribution is 0.0672. The van der Waals surface area contributed by atoms with Crippen molar-refractivity contribution in [3.8, 4) is 0 Å². The van der Waals surface area contributed by atoms with Crippen molar-refractivity contribution in [1.29, 1.82) is 0 Å². The van der Waals surface area contributed by atoms with Crippen molar-refractivity contribution >= 4 is 0 Å². The largest absolute Gasteiger partial charge is 0.103 e. The summed E-state index contributed by atoms with van der Waals surface area (Å²) in [5.74, 6) is 6.23. The number of hydrogen-bond donors (Lipinski definition) is 0. The zero-order valence-electron chi connectivity index (χ0n) is 14.2. The summed E-state index contributed by atoms with van der Waals surface area (Å²) in [6.07, 6.45) is 20.4. The first-order valence-electron chi connectivity index (χ1n) is 9.92. The second-order valence-corrected chi connectivity index (χ2v) is 8.47. The van der Waals surface area contributed by atoms with Gasteiger partial charge >= 0.3 is 0 Å². The van der Waals surface area contributed by atoms with Gasteiger partial charge in [-0.05, 0) is 86.9 Å². The predicted molar refractivity (Wildman–Crippen MR) is 92.2 cm³/mol. The lowest BCUT2D eigenvalue weighted by atomic mass is 9.61. The smallest absolute Gasteiger partial charge is 0.0233 e. The second-order valence-electron chi connectivity index (χ2n) is 8.47. The van der Waals surface area contributed by atoms with Gasteiger partial charge in [0.15, 0.2) is 0 Å². The minimum atomic E-state index is 0.840. The maximum Gasteiger partial charge on any atom is -0.0233 e. The first-order chi connectivity index (χ1) is 10.3. The number of allylic oxidation sites excluding steroid dienone is 1. The van der Waals surface area contributed by atoms with Gasteiger partial charge in [-0.3, -0.25) is 0 Å². The van der Waals surface area contributed by atoms with Crippen LogP contribution in [0.2, 0.25) is 0 Å². The third kappa shape index (κ3) is 3.74. The molecule has 0 heterocycles. The van der Waals surface area contributed by atoms with Crippen LogP contribution >= 0.6 is 0 Å². The average molecular weight is 289 g/mol. The van der Waals surface area contributed by atoms with Crippen LogP contribution in [0, 0.1) is 35.5 Å².